The number of nitrogens with one attached hydrogen (secondary N) is 1. The van der Waals surface area contributed by atoms with E-state index in [1.165, 1.54) is 6.07 Å². The highest BCUT2D eigenvalue weighted by Gasteiger charge is 2.28. The van der Waals surface area contributed by atoms with Gasteiger partial charge in [-0.1, -0.05) is 0 Å². The summed E-state index contributed by atoms with van der Waals surface area (Å²) in [4.78, 5) is 12.5. The average molecular weight is 332 g/mol. The van der Waals surface area contributed by atoms with Crippen LogP contribution in [-0.4, -0.2) is 31.6 Å². The summed E-state index contributed by atoms with van der Waals surface area (Å²) in [5.41, 5.74) is 0.308. The van der Waals surface area contributed by atoms with Crippen molar-refractivity contribution in [3.8, 4) is 0 Å². The van der Waals surface area contributed by atoms with Crippen molar-refractivity contribution in [2.75, 3.05) is 31.6 Å². The Morgan fingerprint density at radius 2 is 2.37 bits per heavy atom. The van der Waals surface area contributed by atoms with Crippen molar-refractivity contribution in [1.29, 1.82) is 0 Å². The maximum atomic E-state index is 13.4. The van der Waals surface area contributed by atoms with Gasteiger partial charge >= 0.3 is 0 Å². The summed E-state index contributed by atoms with van der Waals surface area (Å²) in [5, 5.41) is 14.1. The van der Waals surface area contributed by atoms with Crippen LogP contribution < -0.4 is 10.2 Å². The quantitative estimate of drug-likeness (QED) is 0.680. The van der Waals surface area contributed by atoms with E-state index < -0.39 is 10.7 Å². The number of benzene rings is 1. The van der Waals surface area contributed by atoms with Crippen LogP contribution in [0.4, 0.5) is 15.8 Å². The Morgan fingerprint density at radius 3 is 3.00 bits per heavy atom. The van der Waals surface area contributed by atoms with Gasteiger partial charge in [0.2, 0.25) is 0 Å². The van der Waals surface area contributed by atoms with Gasteiger partial charge in [-0.15, -0.1) is 0 Å². The minimum Gasteiger partial charge on any atom is -0.366 e. The van der Waals surface area contributed by atoms with Gasteiger partial charge in [-0.05, 0) is 47.9 Å². The molecule has 1 aliphatic heterocycles. The van der Waals surface area contributed by atoms with E-state index in [0.29, 0.717) is 11.6 Å². The molecule has 19 heavy (non-hydrogen) atoms. The van der Waals surface area contributed by atoms with Crippen LogP contribution in [-0.2, 0) is 0 Å². The lowest BCUT2D eigenvalue weighted by atomic mass is 10.1. The molecular formula is C12H15BrFN3O2. The van der Waals surface area contributed by atoms with Crippen molar-refractivity contribution < 1.29 is 9.31 Å². The van der Waals surface area contributed by atoms with Crippen LogP contribution in [0.15, 0.2) is 16.6 Å². The first-order chi connectivity index (χ1) is 9.02. The van der Waals surface area contributed by atoms with E-state index in [2.05, 4.69) is 21.2 Å². The third-order valence-electron chi connectivity index (χ3n) is 3.33. The van der Waals surface area contributed by atoms with Crippen LogP contribution in [0.3, 0.4) is 0 Å². The first-order valence-corrected chi connectivity index (χ1v) is 6.85. The summed E-state index contributed by atoms with van der Waals surface area (Å²) >= 11 is 3.09. The molecule has 1 aromatic rings. The number of rotatable bonds is 4. The molecule has 1 saturated heterocycles. The predicted octanol–water partition coefficient (Wildman–Crippen LogP) is 2.54. The van der Waals surface area contributed by atoms with E-state index in [-0.39, 0.29) is 10.2 Å². The molecular weight excluding hydrogens is 317 g/mol. The van der Waals surface area contributed by atoms with Crippen LogP contribution >= 0.6 is 15.9 Å². The molecule has 1 unspecified atom stereocenters. The Hall–Kier alpha value is -1.21. The highest BCUT2D eigenvalue weighted by Crippen LogP contribution is 2.35. The Kier molecular flexibility index (Phi) is 4.36. The van der Waals surface area contributed by atoms with E-state index in [9.17, 15) is 14.5 Å². The normalized spacial score (nSPS) is 18.9. The summed E-state index contributed by atoms with van der Waals surface area (Å²) in [6.45, 7) is 2.39. The molecule has 1 fully saturated rings. The smallest absolute Gasteiger partial charge is 0.295 e. The summed E-state index contributed by atoms with van der Waals surface area (Å²) < 4.78 is 13.7. The molecule has 1 atom stereocenters. The van der Waals surface area contributed by atoms with E-state index in [0.717, 1.165) is 32.1 Å². The van der Waals surface area contributed by atoms with E-state index in [1.807, 2.05) is 11.9 Å². The molecule has 0 spiro atoms. The van der Waals surface area contributed by atoms with Crippen molar-refractivity contribution in [2.24, 2.45) is 5.92 Å². The van der Waals surface area contributed by atoms with Gasteiger partial charge in [-0.2, -0.15) is 0 Å². The summed E-state index contributed by atoms with van der Waals surface area (Å²) in [5.74, 6) is -0.144. The third kappa shape index (κ3) is 3.03. The molecule has 2 rings (SSSR count). The number of nitro groups is 1. The first-order valence-electron chi connectivity index (χ1n) is 6.06. The number of hydrogen-bond acceptors (Lipinski definition) is 4. The second-order valence-electron chi connectivity index (χ2n) is 4.67. The van der Waals surface area contributed by atoms with Gasteiger partial charge in [0.05, 0.1) is 15.5 Å². The lowest BCUT2D eigenvalue weighted by Crippen LogP contribution is -2.24. The first kappa shape index (κ1) is 14.2. The average Bonchev–Trinajstić information content (AvgIpc) is 2.81. The number of nitrogens with zero attached hydrogens (tertiary/aromatic N) is 2. The molecule has 5 nitrogen and oxygen atoms in total. The van der Waals surface area contributed by atoms with Crippen molar-refractivity contribution in [2.45, 2.75) is 6.42 Å². The Balaban J connectivity index is 2.29. The second kappa shape index (κ2) is 5.83. The van der Waals surface area contributed by atoms with Crippen molar-refractivity contribution >= 4 is 27.3 Å². The van der Waals surface area contributed by atoms with E-state index in [4.69, 9.17) is 0 Å². The molecule has 0 radical (unpaired) electrons. The molecule has 104 valence electrons. The van der Waals surface area contributed by atoms with E-state index >= 15 is 0 Å². The highest BCUT2D eigenvalue weighted by atomic mass is 79.9. The zero-order valence-electron chi connectivity index (χ0n) is 10.5. The molecule has 1 N–H and O–H groups in total. The lowest BCUT2D eigenvalue weighted by Gasteiger charge is -2.19. The molecule has 0 aliphatic carbocycles. The number of hydrogen-bond donors (Lipinski definition) is 1. The number of anilines is 1. The Bertz CT molecular complexity index is 498. The standard InChI is InChI=1S/C12H15BrFN3O2/c1-15-6-8-2-3-16(7-8)11-4-9(13)10(14)5-12(11)17(18)19/h4-5,8,15H,2-3,6-7H2,1H3. The molecule has 0 amide bonds. The number of halogens is 2. The largest absolute Gasteiger partial charge is 0.366 e. The van der Waals surface area contributed by atoms with Gasteiger partial charge in [0, 0.05) is 13.1 Å². The lowest BCUT2D eigenvalue weighted by molar-refractivity contribution is -0.384. The maximum absolute atomic E-state index is 13.4. The van der Waals surface area contributed by atoms with Gasteiger partial charge in [-0.3, -0.25) is 10.1 Å². The fourth-order valence-corrected chi connectivity index (χ4v) is 2.76. The third-order valence-corrected chi connectivity index (χ3v) is 3.94. The summed E-state index contributed by atoms with van der Waals surface area (Å²) in [7, 11) is 1.89. The zero-order chi connectivity index (χ0) is 14.0. The van der Waals surface area contributed by atoms with Crippen molar-refractivity contribution in [1.82, 2.24) is 5.32 Å². The van der Waals surface area contributed by atoms with Gasteiger partial charge in [0.1, 0.15) is 11.5 Å². The van der Waals surface area contributed by atoms with Gasteiger partial charge in [0.15, 0.2) is 0 Å². The molecule has 0 bridgehead atoms. The Morgan fingerprint density at radius 1 is 1.63 bits per heavy atom. The van der Waals surface area contributed by atoms with Gasteiger partial charge in [0.25, 0.3) is 5.69 Å². The van der Waals surface area contributed by atoms with Crippen LogP contribution in [0.2, 0.25) is 0 Å². The van der Waals surface area contributed by atoms with Crippen LogP contribution in [0, 0.1) is 21.8 Å². The summed E-state index contributed by atoms with van der Waals surface area (Å²) in [6.07, 6.45) is 0.979. The summed E-state index contributed by atoms with van der Waals surface area (Å²) in [6, 6.07) is 2.47. The van der Waals surface area contributed by atoms with Gasteiger partial charge in [-0.25, -0.2) is 4.39 Å². The highest BCUT2D eigenvalue weighted by molar-refractivity contribution is 9.10. The van der Waals surface area contributed by atoms with Crippen LogP contribution in [0.5, 0.6) is 0 Å². The fourth-order valence-electron chi connectivity index (χ4n) is 2.43. The molecule has 1 aromatic carbocycles. The molecule has 7 heteroatoms. The molecule has 1 aliphatic rings. The minimum absolute atomic E-state index is 0.175. The minimum atomic E-state index is -0.610. The second-order valence-corrected chi connectivity index (χ2v) is 5.52. The van der Waals surface area contributed by atoms with Crippen molar-refractivity contribution in [3.05, 3.63) is 32.5 Å². The zero-order valence-corrected chi connectivity index (χ0v) is 12.1. The topological polar surface area (TPSA) is 58.4 Å². The molecule has 0 aromatic heterocycles. The predicted molar refractivity (Wildman–Crippen MR) is 75.0 cm³/mol. The molecule has 0 saturated carbocycles. The maximum Gasteiger partial charge on any atom is 0.295 e. The SMILES string of the molecule is CNCC1CCN(c2cc(Br)c(F)cc2[N+](=O)[O-])C1. The van der Waals surface area contributed by atoms with Crippen LogP contribution in [0.1, 0.15) is 6.42 Å². The van der Waals surface area contributed by atoms with Gasteiger partial charge < -0.3 is 10.2 Å². The Labute approximate surface area is 119 Å². The fraction of sp³-hybridized carbons (Fsp3) is 0.500. The number of nitro benzene ring substituents is 1. The monoisotopic (exact) mass is 331 g/mol. The van der Waals surface area contributed by atoms with Crippen molar-refractivity contribution in [3.63, 3.8) is 0 Å². The van der Waals surface area contributed by atoms with E-state index in [1.54, 1.807) is 0 Å². The molecule has 1 heterocycles. The van der Waals surface area contributed by atoms with Crippen LogP contribution in [0.25, 0.3) is 0 Å².